The van der Waals surface area contributed by atoms with Gasteiger partial charge in [0.25, 0.3) is 0 Å². The Morgan fingerprint density at radius 1 is 1.11 bits per heavy atom. The summed E-state index contributed by atoms with van der Waals surface area (Å²) in [6.45, 7) is 2.03. The van der Waals surface area contributed by atoms with Crippen LogP contribution in [-0.4, -0.2) is 14.5 Å². The highest BCUT2D eigenvalue weighted by Crippen LogP contribution is 2.21. The van der Waals surface area contributed by atoms with E-state index in [0.717, 1.165) is 11.2 Å². The van der Waals surface area contributed by atoms with E-state index in [1.807, 2.05) is 66.2 Å². The van der Waals surface area contributed by atoms with Crippen molar-refractivity contribution in [3.05, 3.63) is 71.7 Å². The van der Waals surface area contributed by atoms with Crippen molar-refractivity contribution in [2.24, 2.45) is 0 Å². The molecule has 3 heteroatoms. The predicted octanol–water partition coefficient (Wildman–Crippen LogP) is 2.72. The van der Waals surface area contributed by atoms with Gasteiger partial charge in [-0.1, -0.05) is 35.9 Å². The second-order valence-corrected chi connectivity index (χ2v) is 4.45. The molecule has 3 rings (SSSR count). The number of nitrogens with zero attached hydrogens (tertiary/aromatic N) is 2. The molecule has 18 heavy (non-hydrogen) atoms. The number of aliphatic hydroxyl groups is 1. The van der Waals surface area contributed by atoms with Crippen LogP contribution < -0.4 is 0 Å². The molecule has 1 aromatic carbocycles. The summed E-state index contributed by atoms with van der Waals surface area (Å²) in [7, 11) is 0. The summed E-state index contributed by atoms with van der Waals surface area (Å²) < 4.78 is 1.91. The highest BCUT2D eigenvalue weighted by atomic mass is 16.3. The van der Waals surface area contributed by atoms with Gasteiger partial charge in [0.15, 0.2) is 0 Å². The van der Waals surface area contributed by atoms with E-state index in [9.17, 15) is 5.11 Å². The third kappa shape index (κ3) is 1.89. The molecule has 0 saturated heterocycles. The number of aliphatic hydroxyl groups excluding tert-OH is 1. The zero-order valence-electron chi connectivity index (χ0n) is 10.1. The quantitative estimate of drug-likeness (QED) is 0.745. The van der Waals surface area contributed by atoms with E-state index in [-0.39, 0.29) is 0 Å². The van der Waals surface area contributed by atoms with E-state index in [1.54, 1.807) is 0 Å². The molecular weight excluding hydrogens is 224 g/mol. The van der Waals surface area contributed by atoms with Crippen molar-refractivity contribution < 1.29 is 5.11 Å². The van der Waals surface area contributed by atoms with Crippen LogP contribution in [0.15, 0.2) is 54.9 Å². The molecule has 90 valence electrons. The standard InChI is InChI=1S/C15H14N2O/c1-11-5-7-12(8-6-11)15(18)13-10-17-9-3-2-4-14(17)16-13/h2-10,15,18H,1H3. The van der Waals surface area contributed by atoms with E-state index in [0.29, 0.717) is 5.69 Å². The average molecular weight is 238 g/mol. The smallest absolute Gasteiger partial charge is 0.137 e. The summed E-state index contributed by atoms with van der Waals surface area (Å²) in [5, 5.41) is 10.3. The van der Waals surface area contributed by atoms with Crippen molar-refractivity contribution in [3.8, 4) is 0 Å². The van der Waals surface area contributed by atoms with Gasteiger partial charge >= 0.3 is 0 Å². The van der Waals surface area contributed by atoms with Crippen LogP contribution in [0.5, 0.6) is 0 Å². The van der Waals surface area contributed by atoms with E-state index < -0.39 is 6.10 Å². The number of fused-ring (bicyclic) bond motifs is 1. The van der Waals surface area contributed by atoms with Crippen LogP contribution in [0.25, 0.3) is 5.65 Å². The second-order valence-electron chi connectivity index (χ2n) is 4.45. The fourth-order valence-corrected chi connectivity index (χ4v) is 2.01. The van der Waals surface area contributed by atoms with Gasteiger partial charge in [-0.2, -0.15) is 0 Å². The number of aryl methyl sites for hydroxylation is 1. The fourth-order valence-electron chi connectivity index (χ4n) is 2.01. The molecule has 1 unspecified atom stereocenters. The zero-order chi connectivity index (χ0) is 12.5. The minimum absolute atomic E-state index is 0.671. The Kier molecular flexibility index (Phi) is 2.61. The van der Waals surface area contributed by atoms with E-state index in [2.05, 4.69) is 4.98 Å². The molecular formula is C15H14N2O. The molecule has 0 amide bonds. The lowest BCUT2D eigenvalue weighted by Crippen LogP contribution is -1.99. The summed E-state index contributed by atoms with van der Waals surface area (Å²) in [6, 6.07) is 13.7. The average Bonchev–Trinajstić information content (AvgIpc) is 2.82. The summed E-state index contributed by atoms with van der Waals surface area (Å²) in [4.78, 5) is 4.42. The van der Waals surface area contributed by atoms with Crippen molar-refractivity contribution in [1.82, 2.24) is 9.38 Å². The molecule has 2 heterocycles. The van der Waals surface area contributed by atoms with Gasteiger partial charge in [0.05, 0.1) is 5.69 Å². The van der Waals surface area contributed by atoms with Crippen molar-refractivity contribution in [2.45, 2.75) is 13.0 Å². The van der Waals surface area contributed by atoms with Crippen molar-refractivity contribution in [1.29, 1.82) is 0 Å². The maximum atomic E-state index is 10.3. The first-order chi connectivity index (χ1) is 8.74. The lowest BCUT2D eigenvalue weighted by molar-refractivity contribution is 0.216. The Morgan fingerprint density at radius 3 is 2.61 bits per heavy atom. The largest absolute Gasteiger partial charge is 0.382 e. The van der Waals surface area contributed by atoms with Crippen LogP contribution in [0, 0.1) is 6.92 Å². The van der Waals surface area contributed by atoms with Crippen LogP contribution in [0.2, 0.25) is 0 Å². The molecule has 1 atom stereocenters. The Labute approximate surface area is 105 Å². The fraction of sp³-hybridized carbons (Fsp3) is 0.133. The first kappa shape index (κ1) is 11.0. The Bertz CT molecular complexity index is 637. The molecule has 0 bridgehead atoms. The van der Waals surface area contributed by atoms with Crippen molar-refractivity contribution in [2.75, 3.05) is 0 Å². The molecule has 0 saturated carbocycles. The monoisotopic (exact) mass is 238 g/mol. The van der Waals surface area contributed by atoms with Gasteiger partial charge in [-0.05, 0) is 24.6 Å². The third-order valence-corrected chi connectivity index (χ3v) is 3.06. The molecule has 2 aromatic heterocycles. The van der Waals surface area contributed by atoms with E-state index in [4.69, 9.17) is 0 Å². The van der Waals surface area contributed by atoms with Gasteiger partial charge < -0.3 is 9.51 Å². The van der Waals surface area contributed by atoms with Crippen LogP contribution in [0.1, 0.15) is 22.9 Å². The lowest BCUT2D eigenvalue weighted by atomic mass is 10.1. The normalized spacial score (nSPS) is 12.8. The van der Waals surface area contributed by atoms with Crippen LogP contribution in [0.4, 0.5) is 0 Å². The second kappa shape index (κ2) is 4.27. The number of rotatable bonds is 2. The summed E-state index contributed by atoms with van der Waals surface area (Å²) in [5.74, 6) is 0. The molecule has 3 nitrogen and oxygen atoms in total. The first-order valence-electron chi connectivity index (χ1n) is 5.92. The van der Waals surface area contributed by atoms with Gasteiger partial charge in [-0.15, -0.1) is 0 Å². The number of pyridine rings is 1. The van der Waals surface area contributed by atoms with Crippen LogP contribution in [-0.2, 0) is 0 Å². The van der Waals surface area contributed by atoms with E-state index >= 15 is 0 Å². The molecule has 1 N–H and O–H groups in total. The van der Waals surface area contributed by atoms with Gasteiger partial charge in [0.2, 0.25) is 0 Å². The summed E-state index contributed by atoms with van der Waals surface area (Å²) >= 11 is 0. The number of imidazole rings is 1. The predicted molar refractivity (Wildman–Crippen MR) is 70.4 cm³/mol. The number of hydrogen-bond acceptors (Lipinski definition) is 2. The lowest BCUT2D eigenvalue weighted by Gasteiger charge is -2.07. The van der Waals surface area contributed by atoms with Gasteiger partial charge in [0.1, 0.15) is 11.8 Å². The zero-order valence-corrected chi connectivity index (χ0v) is 10.1. The molecule has 0 aliphatic carbocycles. The van der Waals surface area contributed by atoms with Crippen LogP contribution >= 0.6 is 0 Å². The molecule has 0 aliphatic rings. The Hall–Kier alpha value is -2.13. The molecule has 0 fully saturated rings. The Morgan fingerprint density at radius 2 is 1.89 bits per heavy atom. The number of benzene rings is 1. The topological polar surface area (TPSA) is 37.5 Å². The minimum Gasteiger partial charge on any atom is -0.382 e. The van der Waals surface area contributed by atoms with Gasteiger partial charge in [-0.3, -0.25) is 0 Å². The summed E-state index contributed by atoms with van der Waals surface area (Å²) in [6.07, 6.45) is 3.11. The first-order valence-corrected chi connectivity index (χ1v) is 5.92. The third-order valence-electron chi connectivity index (χ3n) is 3.06. The van der Waals surface area contributed by atoms with Crippen LogP contribution in [0.3, 0.4) is 0 Å². The SMILES string of the molecule is Cc1ccc(C(O)c2cn3ccccc3n2)cc1. The van der Waals surface area contributed by atoms with E-state index in [1.165, 1.54) is 5.56 Å². The van der Waals surface area contributed by atoms with Crippen molar-refractivity contribution in [3.63, 3.8) is 0 Å². The summed E-state index contributed by atoms with van der Waals surface area (Å²) in [5.41, 5.74) is 3.56. The molecule has 0 spiro atoms. The Balaban J connectivity index is 2.00. The molecule has 0 aliphatic heterocycles. The maximum absolute atomic E-state index is 10.3. The highest BCUT2D eigenvalue weighted by Gasteiger charge is 2.13. The minimum atomic E-state index is -0.675. The highest BCUT2D eigenvalue weighted by molar-refractivity contribution is 5.41. The number of hydrogen-bond donors (Lipinski definition) is 1. The maximum Gasteiger partial charge on any atom is 0.137 e. The van der Waals surface area contributed by atoms with Gasteiger partial charge in [0, 0.05) is 12.4 Å². The van der Waals surface area contributed by atoms with Crippen molar-refractivity contribution >= 4 is 5.65 Å². The molecule has 0 radical (unpaired) electrons. The molecule has 3 aromatic rings. The van der Waals surface area contributed by atoms with Gasteiger partial charge in [-0.25, -0.2) is 4.98 Å². The number of aromatic nitrogens is 2.